The molecule has 1 aliphatic heterocycles. The highest BCUT2D eigenvalue weighted by molar-refractivity contribution is 5.90. The number of carbonyl (C=O) groups is 3. The van der Waals surface area contributed by atoms with Crippen molar-refractivity contribution in [2.45, 2.75) is 12.8 Å². The van der Waals surface area contributed by atoms with Crippen LogP contribution in [-0.4, -0.2) is 59.4 Å². The quantitative estimate of drug-likeness (QED) is 0.738. The molecule has 1 saturated carbocycles. The fourth-order valence-corrected chi connectivity index (χ4v) is 3.88. The van der Waals surface area contributed by atoms with E-state index in [1.807, 2.05) is 12.2 Å². The van der Waals surface area contributed by atoms with E-state index >= 15 is 0 Å². The van der Waals surface area contributed by atoms with E-state index in [0.29, 0.717) is 13.1 Å². The van der Waals surface area contributed by atoms with Crippen LogP contribution in [0.4, 0.5) is 0 Å². The third-order valence-corrected chi connectivity index (χ3v) is 5.01. The van der Waals surface area contributed by atoms with E-state index in [0.717, 1.165) is 12.8 Å². The minimum atomic E-state index is -0.900. The zero-order chi connectivity index (χ0) is 15.1. The summed E-state index contributed by atoms with van der Waals surface area (Å²) < 4.78 is 0. The van der Waals surface area contributed by atoms with E-state index in [2.05, 4.69) is 0 Å². The monoisotopic (exact) mass is 292 g/mol. The van der Waals surface area contributed by atoms with E-state index in [9.17, 15) is 19.5 Å². The molecule has 1 N–H and O–H groups in total. The summed E-state index contributed by atoms with van der Waals surface area (Å²) in [5.41, 5.74) is 0. The SMILES string of the molecule is CN1CCCN(C(=O)[C@H]2C3C=CC(C3)[C@H]2C(=O)O)CC1=O. The van der Waals surface area contributed by atoms with Gasteiger partial charge in [0.15, 0.2) is 0 Å². The average molecular weight is 292 g/mol. The van der Waals surface area contributed by atoms with Gasteiger partial charge in [-0.3, -0.25) is 14.4 Å². The first-order valence-electron chi connectivity index (χ1n) is 7.43. The van der Waals surface area contributed by atoms with Gasteiger partial charge in [0.1, 0.15) is 0 Å². The van der Waals surface area contributed by atoms with Crippen molar-refractivity contribution in [3.05, 3.63) is 12.2 Å². The highest BCUT2D eigenvalue weighted by Gasteiger charge is 2.52. The zero-order valence-corrected chi connectivity index (χ0v) is 12.1. The Balaban J connectivity index is 1.79. The van der Waals surface area contributed by atoms with Gasteiger partial charge in [-0.15, -0.1) is 0 Å². The van der Waals surface area contributed by atoms with Crippen LogP contribution in [0.25, 0.3) is 0 Å². The number of amides is 2. The molecule has 6 heteroatoms. The Hall–Kier alpha value is -1.85. The highest BCUT2D eigenvalue weighted by Crippen LogP contribution is 2.48. The van der Waals surface area contributed by atoms with Crippen molar-refractivity contribution in [2.24, 2.45) is 23.7 Å². The number of rotatable bonds is 2. The van der Waals surface area contributed by atoms with E-state index in [4.69, 9.17) is 0 Å². The maximum absolute atomic E-state index is 12.8. The van der Waals surface area contributed by atoms with Gasteiger partial charge >= 0.3 is 5.97 Å². The van der Waals surface area contributed by atoms with Gasteiger partial charge in [0.05, 0.1) is 18.4 Å². The summed E-state index contributed by atoms with van der Waals surface area (Å²) in [6.07, 6.45) is 5.38. The van der Waals surface area contributed by atoms with Crippen LogP contribution in [0.15, 0.2) is 12.2 Å². The van der Waals surface area contributed by atoms with Crippen LogP contribution < -0.4 is 0 Å². The Morgan fingerprint density at radius 3 is 2.52 bits per heavy atom. The first-order valence-corrected chi connectivity index (χ1v) is 7.43. The molecule has 4 atom stereocenters. The van der Waals surface area contributed by atoms with Crippen molar-refractivity contribution in [2.75, 3.05) is 26.7 Å². The molecule has 1 heterocycles. The lowest BCUT2D eigenvalue weighted by atomic mass is 9.82. The molecular weight excluding hydrogens is 272 g/mol. The van der Waals surface area contributed by atoms with Crippen LogP contribution in [0.3, 0.4) is 0 Å². The Morgan fingerprint density at radius 1 is 1.19 bits per heavy atom. The van der Waals surface area contributed by atoms with Crippen molar-refractivity contribution < 1.29 is 19.5 Å². The Labute approximate surface area is 123 Å². The normalized spacial score (nSPS) is 35.2. The van der Waals surface area contributed by atoms with Crippen LogP contribution in [0.5, 0.6) is 0 Å². The number of hydrogen-bond acceptors (Lipinski definition) is 3. The van der Waals surface area contributed by atoms with Crippen molar-refractivity contribution >= 4 is 17.8 Å². The van der Waals surface area contributed by atoms with Crippen molar-refractivity contribution in [1.29, 1.82) is 0 Å². The van der Waals surface area contributed by atoms with Crippen LogP contribution in [0.2, 0.25) is 0 Å². The number of aliphatic carboxylic acids is 1. The lowest BCUT2D eigenvalue weighted by molar-refractivity contribution is -0.151. The van der Waals surface area contributed by atoms with Gasteiger partial charge in [-0.1, -0.05) is 12.2 Å². The van der Waals surface area contributed by atoms with E-state index in [-0.39, 0.29) is 30.2 Å². The first-order chi connectivity index (χ1) is 9.99. The number of carbonyl (C=O) groups excluding carboxylic acids is 2. The molecule has 3 rings (SSSR count). The predicted molar refractivity (Wildman–Crippen MR) is 74.2 cm³/mol. The number of likely N-dealkylation sites (N-methyl/N-ethyl adjacent to an activating group) is 1. The second kappa shape index (κ2) is 5.16. The standard InChI is InChI=1S/C15H20N2O4/c1-16-5-2-6-17(8-11(16)18)14(19)12-9-3-4-10(7-9)13(12)15(20)21/h3-4,9-10,12-13H,2,5-8H2,1H3,(H,20,21)/t9?,10?,12-,13+/m0/s1. The lowest BCUT2D eigenvalue weighted by Crippen LogP contribution is -2.45. The fourth-order valence-electron chi connectivity index (χ4n) is 3.88. The number of carboxylic acids is 1. The minimum absolute atomic E-state index is 0.0136. The van der Waals surface area contributed by atoms with Crippen LogP contribution >= 0.6 is 0 Å². The van der Waals surface area contributed by atoms with Crippen molar-refractivity contribution in [1.82, 2.24) is 9.80 Å². The van der Waals surface area contributed by atoms with E-state index < -0.39 is 17.8 Å². The molecule has 3 aliphatic rings. The summed E-state index contributed by atoms with van der Waals surface area (Å²) in [6.45, 7) is 1.24. The molecule has 1 saturated heterocycles. The number of allylic oxidation sites excluding steroid dienone is 2. The van der Waals surface area contributed by atoms with E-state index in [1.165, 1.54) is 0 Å². The van der Waals surface area contributed by atoms with Gasteiger partial charge in [-0.25, -0.2) is 0 Å². The zero-order valence-electron chi connectivity index (χ0n) is 12.1. The molecule has 2 bridgehead atoms. The topological polar surface area (TPSA) is 77.9 Å². The molecule has 21 heavy (non-hydrogen) atoms. The third-order valence-electron chi connectivity index (χ3n) is 5.01. The van der Waals surface area contributed by atoms with Gasteiger partial charge < -0.3 is 14.9 Å². The average Bonchev–Trinajstić information content (AvgIpc) is 3.00. The summed E-state index contributed by atoms with van der Waals surface area (Å²) in [7, 11) is 1.73. The van der Waals surface area contributed by atoms with E-state index in [1.54, 1.807) is 16.8 Å². The maximum atomic E-state index is 12.8. The lowest BCUT2D eigenvalue weighted by Gasteiger charge is -2.29. The Bertz CT molecular complexity index is 516. The molecule has 0 aromatic rings. The first kappa shape index (κ1) is 14.1. The summed E-state index contributed by atoms with van der Waals surface area (Å²) in [4.78, 5) is 39.4. The molecule has 0 aromatic heterocycles. The van der Waals surface area contributed by atoms with Crippen molar-refractivity contribution in [3.63, 3.8) is 0 Å². The van der Waals surface area contributed by atoms with Crippen LogP contribution in [-0.2, 0) is 14.4 Å². The number of fused-ring (bicyclic) bond motifs is 2. The molecule has 0 radical (unpaired) electrons. The summed E-state index contributed by atoms with van der Waals surface area (Å²) in [5, 5.41) is 9.42. The Morgan fingerprint density at radius 2 is 1.86 bits per heavy atom. The van der Waals surface area contributed by atoms with Crippen LogP contribution in [0.1, 0.15) is 12.8 Å². The van der Waals surface area contributed by atoms with Gasteiger partial charge in [-0.2, -0.15) is 0 Å². The molecular formula is C15H20N2O4. The smallest absolute Gasteiger partial charge is 0.307 e. The molecule has 114 valence electrons. The molecule has 6 nitrogen and oxygen atoms in total. The predicted octanol–water partition coefficient (Wildman–Crippen LogP) is 0.200. The number of carboxylic acid groups (broad SMARTS) is 1. The molecule has 0 spiro atoms. The summed E-state index contributed by atoms with van der Waals surface area (Å²) in [5.74, 6) is -2.30. The highest BCUT2D eigenvalue weighted by atomic mass is 16.4. The van der Waals surface area contributed by atoms with Gasteiger partial charge in [0.25, 0.3) is 0 Å². The number of hydrogen-bond donors (Lipinski definition) is 1. The molecule has 2 aliphatic carbocycles. The molecule has 2 fully saturated rings. The fraction of sp³-hybridized carbons (Fsp3) is 0.667. The number of nitrogens with zero attached hydrogens (tertiary/aromatic N) is 2. The second-order valence-electron chi connectivity index (χ2n) is 6.27. The Kier molecular flexibility index (Phi) is 3.47. The van der Waals surface area contributed by atoms with Gasteiger partial charge in [0, 0.05) is 20.1 Å². The van der Waals surface area contributed by atoms with Gasteiger partial charge in [-0.05, 0) is 24.7 Å². The molecule has 2 unspecified atom stereocenters. The molecule has 2 amide bonds. The van der Waals surface area contributed by atoms with Crippen molar-refractivity contribution in [3.8, 4) is 0 Å². The second-order valence-corrected chi connectivity index (χ2v) is 6.27. The summed E-state index contributed by atoms with van der Waals surface area (Å²) >= 11 is 0. The molecule has 0 aromatic carbocycles. The maximum Gasteiger partial charge on any atom is 0.307 e. The van der Waals surface area contributed by atoms with Gasteiger partial charge in [0.2, 0.25) is 11.8 Å². The third kappa shape index (κ3) is 2.32. The summed E-state index contributed by atoms with van der Waals surface area (Å²) in [6, 6.07) is 0. The minimum Gasteiger partial charge on any atom is -0.481 e. The van der Waals surface area contributed by atoms with Crippen LogP contribution in [0, 0.1) is 23.7 Å². The largest absolute Gasteiger partial charge is 0.481 e.